The third-order valence-electron chi connectivity index (χ3n) is 2.21. The number of carboxylic acid groups (broad SMARTS) is 1. The van der Waals surface area contributed by atoms with E-state index in [0.29, 0.717) is 0 Å². The van der Waals surface area contributed by atoms with Crippen molar-refractivity contribution in [1.29, 1.82) is 0 Å². The Balaban J connectivity index is 0. The minimum atomic E-state index is -2.36. The molecule has 0 aromatic rings. The zero-order valence-corrected chi connectivity index (χ0v) is 13.4. The Morgan fingerprint density at radius 1 is 0.833 bits per heavy atom. The molecular formula is C8H16CdO9. The molecule has 6 unspecified atom stereocenters. The summed E-state index contributed by atoms with van der Waals surface area (Å²) in [5, 5.41) is 71.4. The van der Waals surface area contributed by atoms with Gasteiger partial charge in [-0.3, -0.25) is 0 Å². The van der Waals surface area contributed by atoms with Crippen LogP contribution in [0.2, 0.25) is 0 Å². The van der Waals surface area contributed by atoms with Crippen molar-refractivity contribution in [3.05, 3.63) is 0 Å². The van der Waals surface area contributed by atoms with Gasteiger partial charge in [0.25, 0.3) is 0 Å². The van der Waals surface area contributed by atoms with Crippen molar-refractivity contribution in [3.63, 3.8) is 0 Å². The zero-order valence-electron chi connectivity index (χ0n) is 9.36. The van der Waals surface area contributed by atoms with Crippen LogP contribution in [0.4, 0.5) is 0 Å². The van der Waals surface area contributed by atoms with Gasteiger partial charge in [0.1, 0.15) is 30.5 Å². The molecule has 0 aliphatic rings. The van der Waals surface area contributed by atoms with Crippen LogP contribution in [0.15, 0.2) is 0 Å². The average Bonchev–Trinajstić information content (AvgIpc) is 2.32. The van der Waals surface area contributed by atoms with Crippen LogP contribution in [0.1, 0.15) is 0 Å². The van der Waals surface area contributed by atoms with Crippen molar-refractivity contribution in [2.24, 2.45) is 0 Å². The van der Waals surface area contributed by atoms with Gasteiger partial charge in [0.05, 0.1) is 6.61 Å². The predicted octanol–water partition coefficient (Wildman–Crippen LogP) is -4.77. The molecule has 9 nitrogen and oxygen atoms in total. The van der Waals surface area contributed by atoms with Gasteiger partial charge >= 0.3 is 5.97 Å². The number of rotatable bonds is 7. The molecule has 0 aromatic carbocycles. The van der Waals surface area contributed by atoms with Crippen LogP contribution < -0.4 is 0 Å². The average molecular weight is 369 g/mol. The van der Waals surface area contributed by atoms with Gasteiger partial charge in [-0.2, -0.15) is 0 Å². The molecule has 0 amide bonds. The van der Waals surface area contributed by atoms with Crippen LogP contribution in [-0.2, 0) is 32.1 Å². The number of aliphatic hydroxyl groups excluding tert-OH is 7. The van der Waals surface area contributed by atoms with E-state index in [9.17, 15) is 15.0 Å². The first kappa shape index (κ1) is 20.4. The second-order valence-electron chi connectivity index (χ2n) is 3.50. The van der Waals surface area contributed by atoms with Gasteiger partial charge < -0.3 is 40.9 Å². The predicted molar refractivity (Wildman–Crippen MR) is 50.8 cm³/mol. The Morgan fingerprint density at radius 3 is 1.56 bits per heavy atom. The van der Waals surface area contributed by atoms with Gasteiger partial charge in [0.15, 0.2) is 6.10 Å². The number of hydrogen-bond donors (Lipinski definition) is 8. The summed E-state index contributed by atoms with van der Waals surface area (Å²) < 4.78 is 0. The molecule has 6 atom stereocenters. The van der Waals surface area contributed by atoms with Gasteiger partial charge in [-0.25, -0.2) is 4.79 Å². The van der Waals surface area contributed by atoms with E-state index in [1.807, 2.05) is 0 Å². The molecule has 0 aromatic heterocycles. The van der Waals surface area contributed by atoms with Gasteiger partial charge in [-0.05, 0) is 0 Å². The van der Waals surface area contributed by atoms with Crippen LogP contribution in [-0.4, -0.2) is 90.1 Å². The first-order valence-electron chi connectivity index (χ1n) is 4.66. The third kappa shape index (κ3) is 5.40. The smallest absolute Gasteiger partial charge is 0.335 e. The summed E-state index contributed by atoms with van der Waals surface area (Å²) in [6.45, 7) is -0.914. The number of aliphatic carboxylic acids is 1. The molecule has 0 rings (SSSR count). The summed E-state index contributed by atoms with van der Waals surface area (Å²) in [4.78, 5) is 10.3. The van der Waals surface area contributed by atoms with E-state index in [-0.39, 0.29) is 27.3 Å². The SMILES string of the molecule is O=C(O)C(O)C(O)C(O)C(O)C(O)C(O)CO.[Cd]. The third-order valence-corrected chi connectivity index (χ3v) is 2.21. The van der Waals surface area contributed by atoms with Crippen LogP contribution in [0.5, 0.6) is 0 Å². The normalized spacial score (nSPS) is 21.1. The maximum absolute atomic E-state index is 10.3. The molecule has 8 N–H and O–H groups in total. The van der Waals surface area contributed by atoms with E-state index in [0.717, 1.165) is 0 Å². The molecule has 10 heteroatoms. The van der Waals surface area contributed by atoms with E-state index in [1.165, 1.54) is 0 Å². The maximum Gasteiger partial charge on any atom is 0.335 e. The van der Waals surface area contributed by atoms with Crippen LogP contribution in [0.3, 0.4) is 0 Å². The minimum absolute atomic E-state index is 0. The maximum atomic E-state index is 10.3. The molecule has 0 spiro atoms. The van der Waals surface area contributed by atoms with Crippen molar-refractivity contribution in [2.45, 2.75) is 36.6 Å². The van der Waals surface area contributed by atoms with Crippen molar-refractivity contribution >= 4 is 5.97 Å². The van der Waals surface area contributed by atoms with Crippen molar-refractivity contribution < 1.29 is 72.9 Å². The van der Waals surface area contributed by atoms with Crippen LogP contribution >= 0.6 is 0 Å². The van der Waals surface area contributed by atoms with Crippen molar-refractivity contribution in [2.75, 3.05) is 6.61 Å². The summed E-state index contributed by atoms with van der Waals surface area (Å²) in [7, 11) is 0. The molecule has 0 saturated carbocycles. The fourth-order valence-corrected chi connectivity index (χ4v) is 1.07. The summed E-state index contributed by atoms with van der Waals surface area (Å²) in [5.74, 6) is -1.83. The fourth-order valence-electron chi connectivity index (χ4n) is 1.07. The van der Waals surface area contributed by atoms with Crippen molar-refractivity contribution in [1.82, 2.24) is 0 Å². The standard InChI is InChI=1S/C8H16O9.Cd/c9-1-2(10)3(11)4(12)5(13)6(14)7(15)8(16)17;/h2-7,9-15H,1H2,(H,16,17);. The Kier molecular flexibility index (Phi) is 10.3. The zero-order chi connectivity index (χ0) is 13.7. The number of carboxylic acids is 1. The second-order valence-corrected chi connectivity index (χ2v) is 3.50. The van der Waals surface area contributed by atoms with Gasteiger partial charge in [-0.15, -0.1) is 0 Å². The van der Waals surface area contributed by atoms with Gasteiger partial charge in [0, 0.05) is 27.3 Å². The summed E-state index contributed by atoms with van der Waals surface area (Å²) in [6, 6.07) is 0. The quantitative estimate of drug-likeness (QED) is 0.205. The largest absolute Gasteiger partial charge is 0.479 e. The molecule has 0 heterocycles. The fraction of sp³-hybridized carbons (Fsp3) is 0.875. The van der Waals surface area contributed by atoms with Crippen LogP contribution in [0.25, 0.3) is 0 Å². The van der Waals surface area contributed by atoms with E-state index in [1.54, 1.807) is 0 Å². The molecule has 0 radical (unpaired) electrons. The summed E-state index contributed by atoms with van der Waals surface area (Å²) >= 11 is 0. The first-order valence-corrected chi connectivity index (χ1v) is 4.66. The molecule has 0 bridgehead atoms. The Bertz CT molecular complexity index is 251. The molecule has 0 fully saturated rings. The van der Waals surface area contributed by atoms with E-state index < -0.39 is 49.2 Å². The molecule has 18 heavy (non-hydrogen) atoms. The summed E-state index contributed by atoms with van der Waals surface area (Å²) in [5.41, 5.74) is 0. The minimum Gasteiger partial charge on any atom is -0.479 e. The van der Waals surface area contributed by atoms with Crippen LogP contribution in [0, 0.1) is 0 Å². The Labute approximate surface area is 122 Å². The topological polar surface area (TPSA) is 179 Å². The van der Waals surface area contributed by atoms with E-state index >= 15 is 0 Å². The van der Waals surface area contributed by atoms with E-state index in [4.69, 9.17) is 30.6 Å². The monoisotopic (exact) mass is 370 g/mol. The van der Waals surface area contributed by atoms with E-state index in [2.05, 4.69) is 0 Å². The molecule has 0 aliphatic heterocycles. The number of aliphatic hydroxyl groups is 7. The number of hydrogen-bond acceptors (Lipinski definition) is 8. The number of carbonyl (C=O) groups is 1. The first-order chi connectivity index (χ1) is 7.73. The Morgan fingerprint density at radius 2 is 1.22 bits per heavy atom. The molecule has 104 valence electrons. The Hall–Kier alpha value is 0.112. The molecule has 0 saturated heterocycles. The second kappa shape index (κ2) is 9.09. The van der Waals surface area contributed by atoms with Crippen molar-refractivity contribution in [3.8, 4) is 0 Å². The molecule has 0 aliphatic carbocycles. The molecular weight excluding hydrogens is 352 g/mol. The van der Waals surface area contributed by atoms with Gasteiger partial charge in [-0.1, -0.05) is 0 Å². The summed E-state index contributed by atoms with van der Waals surface area (Å²) in [6.07, 6.45) is -12.8. The van der Waals surface area contributed by atoms with Gasteiger partial charge in [0.2, 0.25) is 0 Å².